The molecule has 0 aliphatic heterocycles. The average Bonchev–Trinajstić information content (AvgIpc) is 2.60. The van der Waals surface area contributed by atoms with Gasteiger partial charge in [-0.05, 0) is 57.4 Å². The standard InChI is InChI=1S/C22H28BrNO2/c1-15(2)12-20(17-8-6-5-7-9-17)24-22(25)14-26-21-11-10-18(16(3)4)13-19(21)23/h5-11,13,15-16,20H,12,14H2,1-4H3,(H,24,25)/t20-/m1/s1. The van der Waals surface area contributed by atoms with Gasteiger partial charge in [-0.15, -0.1) is 0 Å². The van der Waals surface area contributed by atoms with Crippen LogP contribution in [0.4, 0.5) is 0 Å². The molecular formula is C22H28BrNO2. The van der Waals surface area contributed by atoms with Crippen LogP contribution in [0.3, 0.4) is 0 Å². The lowest BCUT2D eigenvalue weighted by molar-refractivity contribution is -0.124. The molecule has 4 heteroatoms. The molecule has 1 atom stereocenters. The Hall–Kier alpha value is -1.81. The first-order valence-electron chi connectivity index (χ1n) is 9.13. The summed E-state index contributed by atoms with van der Waals surface area (Å²) in [7, 11) is 0. The van der Waals surface area contributed by atoms with Crippen LogP contribution in [0.1, 0.15) is 57.2 Å². The van der Waals surface area contributed by atoms with Crippen LogP contribution in [0.15, 0.2) is 53.0 Å². The molecule has 0 aliphatic carbocycles. The Bertz CT molecular complexity index is 713. The molecular weight excluding hydrogens is 390 g/mol. The zero-order chi connectivity index (χ0) is 19.1. The number of hydrogen-bond acceptors (Lipinski definition) is 2. The van der Waals surface area contributed by atoms with E-state index in [4.69, 9.17) is 4.74 Å². The Balaban J connectivity index is 1.98. The molecule has 0 fully saturated rings. The van der Waals surface area contributed by atoms with Crippen molar-refractivity contribution in [3.8, 4) is 5.75 Å². The van der Waals surface area contributed by atoms with E-state index in [1.165, 1.54) is 5.56 Å². The van der Waals surface area contributed by atoms with E-state index in [-0.39, 0.29) is 18.6 Å². The second kappa shape index (κ2) is 9.77. The highest BCUT2D eigenvalue weighted by Gasteiger charge is 2.16. The van der Waals surface area contributed by atoms with Gasteiger partial charge in [0.25, 0.3) is 5.91 Å². The SMILES string of the molecule is CC(C)C[C@@H](NC(=O)COc1ccc(C(C)C)cc1Br)c1ccccc1. The molecule has 3 nitrogen and oxygen atoms in total. The summed E-state index contributed by atoms with van der Waals surface area (Å²) >= 11 is 3.53. The fourth-order valence-corrected chi connectivity index (χ4v) is 3.32. The summed E-state index contributed by atoms with van der Waals surface area (Å²) in [4.78, 5) is 12.4. The number of nitrogens with one attached hydrogen (secondary N) is 1. The van der Waals surface area contributed by atoms with Crippen molar-refractivity contribution < 1.29 is 9.53 Å². The number of carbonyl (C=O) groups excluding carboxylic acids is 1. The summed E-state index contributed by atoms with van der Waals surface area (Å²) in [6.45, 7) is 8.61. The summed E-state index contributed by atoms with van der Waals surface area (Å²) in [5, 5.41) is 3.10. The topological polar surface area (TPSA) is 38.3 Å². The third-order valence-electron chi connectivity index (χ3n) is 4.23. The van der Waals surface area contributed by atoms with Gasteiger partial charge in [0.15, 0.2) is 6.61 Å². The van der Waals surface area contributed by atoms with Crippen molar-refractivity contribution in [2.24, 2.45) is 5.92 Å². The van der Waals surface area contributed by atoms with Crippen molar-refractivity contribution >= 4 is 21.8 Å². The van der Waals surface area contributed by atoms with Crippen LogP contribution in [0.2, 0.25) is 0 Å². The number of amides is 1. The lowest BCUT2D eigenvalue weighted by atomic mass is 9.97. The molecule has 140 valence electrons. The molecule has 0 saturated heterocycles. The summed E-state index contributed by atoms with van der Waals surface area (Å²) in [6.07, 6.45) is 0.891. The average molecular weight is 418 g/mol. The van der Waals surface area contributed by atoms with E-state index in [1.807, 2.05) is 36.4 Å². The fraction of sp³-hybridized carbons (Fsp3) is 0.409. The lowest BCUT2D eigenvalue weighted by Gasteiger charge is -2.21. The van der Waals surface area contributed by atoms with Gasteiger partial charge >= 0.3 is 0 Å². The van der Waals surface area contributed by atoms with Gasteiger partial charge in [-0.2, -0.15) is 0 Å². The lowest BCUT2D eigenvalue weighted by Crippen LogP contribution is -2.33. The van der Waals surface area contributed by atoms with Crippen molar-refractivity contribution in [2.75, 3.05) is 6.61 Å². The molecule has 1 N–H and O–H groups in total. The van der Waals surface area contributed by atoms with E-state index in [9.17, 15) is 4.79 Å². The molecule has 0 heterocycles. The zero-order valence-electron chi connectivity index (χ0n) is 16.0. The molecule has 0 unspecified atom stereocenters. The molecule has 2 aromatic carbocycles. The Labute approximate surface area is 165 Å². The summed E-state index contributed by atoms with van der Waals surface area (Å²) in [6, 6.07) is 16.1. The minimum atomic E-state index is -0.112. The molecule has 2 aromatic rings. The van der Waals surface area contributed by atoms with Gasteiger partial charge in [0.2, 0.25) is 0 Å². The largest absolute Gasteiger partial charge is 0.483 e. The van der Waals surface area contributed by atoms with E-state index >= 15 is 0 Å². The number of halogens is 1. The number of rotatable bonds is 8. The van der Waals surface area contributed by atoms with Gasteiger partial charge in [0, 0.05) is 0 Å². The molecule has 1 amide bonds. The first-order chi connectivity index (χ1) is 12.4. The number of benzene rings is 2. The Kier molecular flexibility index (Phi) is 7.70. The molecule has 0 aromatic heterocycles. The highest BCUT2D eigenvalue weighted by molar-refractivity contribution is 9.10. The van der Waals surface area contributed by atoms with Gasteiger partial charge in [-0.25, -0.2) is 0 Å². The van der Waals surface area contributed by atoms with E-state index in [0.717, 1.165) is 16.5 Å². The maximum Gasteiger partial charge on any atom is 0.258 e. The molecule has 0 spiro atoms. The summed E-state index contributed by atoms with van der Waals surface area (Å²) in [5.74, 6) is 1.51. The fourth-order valence-electron chi connectivity index (χ4n) is 2.81. The second-order valence-electron chi connectivity index (χ2n) is 7.29. The first kappa shape index (κ1) is 20.5. The minimum Gasteiger partial charge on any atom is -0.483 e. The highest BCUT2D eigenvalue weighted by atomic mass is 79.9. The van der Waals surface area contributed by atoms with E-state index in [1.54, 1.807) is 0 Å². The van der Waals surface area contributed by atoms with Crippen LogP contribution in [-0.4, -0.2) is 12.5 Å². The van der Waals surface area contributed by atoms with Gasteiger partial charge in [0.1, 0.15) is 5.75 Å². The van der Waals surface area contributed by atoms with E-state index in [2.05, 4.69) is 61.1 Å². The smallest absolute Gasteiger partial charge is 0.258 e. The maximum atomic E-state index is 12.4. The third-order valence-corrected chi connectivity index (χ3v) is 4.85. The van der Waals surface area contributed by atoms with Gasteiger partial charge in [-0.1, -0.05) is 64.1 Å². The maximum absolute atomic E-state index is 12.4. The van der Waals surface area contributed by atoms with Crippen molar-refractivity contribution in [3.63, 3.8) is 0 Å². The van der Waals surface area contributed by atoms with Crippen molar-refractivity contribution in [1.29, 1.82) is 0 Å². The Morgan fingerprint density at radius 1 is 1.04 bits per heavy atom. The van der Waals surface area contributed by atoms with Crippen LogP contribution < -0.4 is 10.1 Å². The quantitative estimate of drug-likeness (QED) is 0.584. The van der Waals surface area contributed by atoms with E-state index < -0.39 is 0 Å². The zero-order valence-corrected chi connectivity index (χ0v) is 17.5. The molecule has 0 saturated carbocycles. The molecule has 26 heavy (non-hydrogen) atoms. The second-order valence-corrected chi connectivity index (χ2v) is 8.15. The number of ether oxygens (including phenoxy) is 1. The van der Waals surface area contributed by atoms with Gasteiger partial charge < -0.3 is 10.1 Å². The number of carbonyl (C=O) groups is 1. The molecule has 2 rings (SSSR count). The summed E-state index contributed by atoms with van der Waals surface area (Å²) < 4.78 is 6.59. The predicted octanol–water partition coefficient (Wildman–Crippen LogP) is 5.85. The van der Waals surface area contributed by atoms with Crippen LogP contribution in [0, 0.1) is 5.92 Å². The van der Waals surface area contributed by atoms with Crippen molar-refractivity contribution in [2.45, 2.75) is 46.1 Å². The van der Waals surface area contributed by atoms with Crippen LogP contribution in [0.25, 0.3) is 0 Å². The Morgan fingerprint density at radius 2 is 1.73 bits per heavy atom. The molecule has 0 bridgehead atoms. The highest BCUT2D eigenvalue weighted by Crippen LogP contribution is 2.29. The van der Waals surface area contributed by atoms with Gasteiger partial charge in [0.05, 0.1) is 10.5 Å². The van der Waals surface area contributed by atoms with E-state index in [0.29, 0.717) is 17.6 Å². The third kappa shape index (κ3) is 6.17. The Morgan fingerprint density at radius 3 is 2.31 bits per heavy atom. The van der Waals surface area contributed by atoms with Crippen LogP contribution in [-0.2, 0) is 4.79 Å². The van der Waals surface area contributed by atoms with Gasteiger partial charge in [-0.3, -0.25) is 4.79 Å². The predicted molar refractivity (Wildman–Crippen MR) is 111 cm³/mol. The first-order valence-corrected chi connectivity index (χ1v) is 9.92. The molecule has 0 radical (unpaired) electrons. The summed E-state index contributed by atoms with van der Waals surface area (Å²) in [5.41, 5.74) is 2.35. The molecule has 0 aliphatic rings. The monoisotopic (exact) mass is 417 g/mol. The van der Waals surface area contributed by atoms with Crippen molar-refractivity contribution in [1.82, 2.24) is 5.32 Å². The van der Waals surface area contributed by atoms with Crippen LogP contribution in [0.5, 0.6) is 5.75 Å². The van der Waals surface area contributed by atoms with Crippen LogP contribution >= 0.6 is 15.9 Å². The van der Waals surface area contributed by atoms with Crippen molar-refractivity contribution in [3.05, 3.63) is 64.1 Å². The number of hydrogen-bond donors (Lipinski definition) is 1. The normalized spacial score (nSPS) is 12.3. The minimum absolute atomic E-state index is 0.000873.